The number of halogens is 3. The molecule has 1 aliphatic carbocycles. The Hall–Kier alpha value is -1.66. The molecule has 0 bridgehead atoms. The van der Waals surface area contributed by atoms with Gasteiger partial charge < -0.3 is 10.4 Å². The molecule has 1 spiro atoms. The number of amides is 1. The van der Waals surface area contributed by atoms with Crippen LogP contribution < -0.4 is 5.32 Å². The number of rotatable bonds is 4. The van der Waals surface area contributed by atoms with Gasteiger partial charge in [-0.3, -0.25) is 9.69 Å². The van der Waals surface area contributed by atoms with Gasteiger partial charge in [0.2, 0.25) is 5.91 Å². The second-order valence-electron chi connectivity index (χ2n) is 8.75. The maximum absolute atomic E-state index is 15.2. The number of fused-ring (bicyclic) bond motifs is 2. The van der Waals surface area contributed by atoms with Gasteiger partial charge >= 0.3 is 0 Å². The predicted molar refractivity (Wildman–Crippen MR) is 115 cm³/mol. The van der Waals surface area contributed by atoms with Crippen LogP contribution in [-0.2, 0) is 10.3 Å². The van der Waals surface area contributed by atoms with E-state index in [0.29, 0.717) is 35.2 Å². The lowest BCUT2D eigenvalue weighted by Gasteiger charge is -2.40. The van der Waals surface area contributed by atoms with Crippen LogP contribution in [0.4, 0.5) is 10.1 Å². The Morgan fingerprint density at radius 3 is 2.77 bits per heavy atom. The molecule has 158 valence electrons. The van der Waals surface area contributed by atoms with Crippen molar-refractivity contribution in [3.05, 3.63) is 63.4 Å². The largest absolute Gasteiger partial charge is 0.392 e. The first-order chi connectivity index (χ1) is 14.3. The van der Waals surface area contributed by atoms with Crippen molar-refractivity contribution in [3.8, 4) is 0 Å². The summed E-state index contributed by atoms with van der Waals surface area (Å²) in [7, 11) is 0. The Bertz CT molecular complexity index is 1030. The van der Waals surface area contributed by atoms with Crippen molar-refractivity contribution in [2.45, 2.75) is 49.8 Å². The van der Waals surface area contributed by atoms with Gasteiger partial charge in [0.1, 0.15) is 11.4 Å². The van der Waals surface area contributed by atoms with Gasteiger partial charge in [-0.15, -0.1) is 0 Å². The van der Waals surface area contributed by atoms with Crippen molar-refractivity contribution in [2.75, 3.05) is 11.9 Å². The maximum Gasteiger partial charge on any atom is 0.250 e. The Kier molecular flexibility index (Phi) is 4.86. The van der Waals surface area contributed by atoms with Crippen LogP contribution >= 0.6 is 23.2 Å². The van der Waals surface area contributed by atoms with Crippen LogP contribution in [0.3, 0.4) is 0 Å². The molecule has 2 aromatic rings. The zero-order chi connectivity index (χ0) is 21.2. The molecule has 30 heavy (non-hydrogen) atoms. The highest BCUT2D eigenvalue weighted by atomic mass is 35.5. The van der Waals surface area contributed by atoms with Gasteiger partial charge in [0.25, 0.3) is 0 Å². The van der Waals surface area contributed by atoms with E-state index in [1.165, 1.54) is 6.07 Å². The molecule has 7 heteroatoms. The fraction of sp³-hybridized carbons (Fsp3) is 0.435. The fourth-order valence-corrected chi connectivity index (χ4v) is 5.74. The van der Waals surface area contributed by atoms with E-state index in [1.807, 2.05) is 6.07 Å². The molecular formula is C23H23Cl2FN2O2. The number of carbonyl (C=O) groups is 1. The van der Waals surface area contributed by atoms with Gasteiger partial charge in [0, 0.05) is 34.8 Å². The molecule has 3 aliphatic rings. The third-order valence-corrected chi connectivity index (χ3v) is 7.41. The molecule has 2 fully saturated rings. The summed E-state index contributed by atoms with van der Waals surface area (Å²) < 4.78 is 15.2. The van der Waals surface area contributed by atoms with Crippen molar-refractivity contribution in [1.29, 1.82) is 0 Å². The van der Waals surface area contributed by atoms with E-state index in [9.17, 15) is 9.90 Å². The molecule has 0 aromatic heterocycles. The molecule has 5 rings (SSSR count). The van der Waals surface area contributed by atoms with Crippen LogP contribution in [0.1, 0.15) is 43.2 Å². The maximum atomic E-state index is 15.2. The minimum atomic E-state index is -1.12. The van der Waals surface area contributed by atoms with E-state index in [1.54, 1.807) is 31.2 Å². The third kappa shape index (κ3) is 2.90. The quantitative estimate of drug-likeness (QED) is 0.696. The monoisotopic (exact) mass is 448 g/mol. The predicted octanol–water partition coefficient (Wildman–Crippen LogP) is 4.93. The number of hydrogen-bond acceptors (Lipinski definition) is 3. The topological polar surface area (TPSA) is 52.6 Å². The van der Waals surface area contributed by atoms with Gasteiger partial charge in [-0.25, -0.2) is 4.39 Å². The molecule has 2 N–H and O–H groups in total. The SMILES string of the molecule is C[C@H](O)C1C[C@H](c2cccc(Cl)c2F)[C@]2(C(=O)Nc3cc(Cl)ccc32)N1CC1CC1. The highest BCUT2D eigenvalue weighted by Gasteiger charge is 2.64. The van der Waals surface area contributed by atoms with Crippen molar-refractivity contribution >= 4 is 34.8 Å². The minimum Gasteiger partial charge on any atom is -0.392 e. The summed E-state index contributed by atoms with van der Waals surface area (Å²) in [6, 6.07) is 10.0. The van der Waals surface area contributed by atoms with Crippen LogP contribution in [0.5, 0.6) is 0 Å². The lowest BCUT2D eigenvalue weighted by Crippen LogP contribution is -2.54. The number of nitrogens with zero attached hydrogens (tertiary/aromatic N) is 1. The lowest BCUT2D eigenvalue weighted by atomic mass is 9.75. The van der Waals surface area contributed by atoms with E-state index in [4.69, 9.17) is 23.2 Å². The molecule has 2 heterocycles. The number of benzene rings is 2. The summed E-state index contributed by atoms with van der Waals surface area (Å²) in [5, 5.41) is 14.2. The number of nitrogens with one attached hydrogen (secondary N) is 1. The van der Waals surface area contributed by atoms with Crippen LogP contribution in [0.15, 0.2) is 36.4 Å². The Balaban J connectivity index is 1.76. The third-order valence-electron chi connectivity index (χ3n) is 6.89. The molecule has 0 radical (unpaired) electrons. The van der Waals surface area contributed by atoms with E-state index < -0.39 is 23.4 Å². The Morgan fingerprint density at radius 1 is 1.30 bits per heavy atom. The second kappa shape index (κ2) is 7.20. The number of aliphatic hydroxyl groups is 1. The number of hydrogen-bond donors (Lipinski definition) is 2. The number of aliphatic hydroxyl groups excluding tert-OH is 1. The van der Waals surface area contributed by atoms with Crippen LogP contribution in [0.2, 0.25) is 10.0 Å². The van der Waals surface area contributed by atoms with Gasteiger partial charge in [-0.05, 0) is 55.9 Å². The first-order valence-corrected chi connectivity index (χ1v) is 11.1. The number of carbonyl (C=O) groups excluding carboxylic acids is 1. The van der Waals surface area contributed by atoms with E-state index in [2.05, 4.69) is 10.2 Å². The van der Waals surface area contributed by atoms with Gasteiger partial charge in [0.15, 0.2) is 0 Å². The fourth-order valence-electron chi connectivity index (χ4n) is 5.38. The highest BCUT2D eigenvalue weighted by molar-refractivity contribution is 6.31. The zero-order valence-corrected chi connectivity index (χ0v) is 18.1. The van der Waals surface area contributed by atoms with Crippen LogP contribution in [0.25, 0.3) is 0 Å². The summed E-state index contributed by atoms with van der Waals surface area (Å²) in [6.45, 7) is 2.42. The lowest BCUT2D eigenvalue weighted by molar-refractivity contribution is -0.128. The average Bonchev–Trinajstić information content (AvgIpc) is 3.38. The summed E-state index contributed by atoms with van der Waals surface area (Å²) in [5.41, 5.74) is 0.719. The Morgan fingerprint density at radius 2 is 2.07 bits per heavy atom. The van der Waals surface area contributed by atoms with Crippen molar-refractivity contribution in [1.82, 2.24) is 4.90 Å². The molecule has 4 atom stereocenters. The zero-order valence-electron chi connectivity index (χ0n) is 16.5. The summed E-state index contributed by atoms with van der Waals surface area (Å²) >= 11 is 12.3. The van der Waals surface area contributed by atoms with Gasteiger partial charge in [-0.1, -0.05) is 41.4 Å². The molecule has 2 aromatic carbocycles. The molecule has 1 saturated heterocycles. The normalized spacial score (nSPS) is 29.3. The molecule has 4 nitrogen and oxygen atoms in total. The first kappa shape index (κ1) is 20.3. The molecule has 2 aliphatic heterocycles. The summed E-state index contributed by atoms with van der Waals surface area (Å²) in [6.07, 6.45) is 1.99. The van der Waals surface area contributed by atoms with Crippen LogP contribution in [-0.4, -0.2) is 34.6 Å². The average molecular weight is 449 g/mol. The first-order valence-electron chi connectivity index (χ1n) is 10.3. The smallest absolute Gasteiger partial charge is 0.250 e. The molecular weight excluding hydrogens is 426 g/mol. The summed E-state index contributed by atoms with van der Waals surface area (Å²) in [5.74, 6) is -0.712. The van der Waals surface area contributed by atoms with E-state index in [0.717, 1.165) is 18.4 Å². The summed E-state index contributed by atoms with van der Waals surface area (Å²) in [4.78, 5) is 15.8. The molecule has 1 amide bonds. The molecule has 1 unspecified atom stereocenters. The standard InChI is InChI=1S/C23H23Cl2FN2O2/c1-12(29)20-10-17(15-3-2-4-18(25)21(15)26)23(28(20)11-13-5-6-13)16-8-7-14(24)9-19(16)27-22(23)30/h2-4,7-9,12-13,17,20,29H,5-6,10-11H2,1H3,(H,27,30)/t12-,17+,20?,23+/m0/s1. The second-order valence-corrected chi connectivity index (χ2v) is 9.59. The van der Waals surface area contributed by atoms with E-state index in [-0.39, 0.29) is 17.0 Å². The van der Waals surface area contributed by atoms with Gasteiger partial charge in [0.05, 0.1) is 11.1 Å². The van der Waals surface area contributed by atoms with Crippen molar-refractivity contribution < 1.29 is 14.3 Å². The van der Waals surface area contributed by atoms with Crippen molar-refractivity contribution in [2.24, 2.45) is 5.92 Å². The van der Waals surface area contributed by atoms with Crippen LogP contribution in [0, 0.1) is 11.7 Å². The minimum absolute atomic E-state index is 0.0339. The highest BCUT2D eigenvalue weighted by Crippen LogP contribution is 2.58. The van der Waals surface area contributed by atoms with E-state index >= 15 is 4.39 Å². The Labute approximate surface area is 185 Å². The molecule has 1 saturated carbocycles. The van der Waals surface area contributed by atoms with Gasteiger partial charge in [-0.2, -0.15) is 0 Å². The number of likely N-dealkylation sites (tertiary alicyclic amines) is 1. The van der Waals surface area contributed by atoms with Crippen molar-refractivity contribution in [3.63, 3.8) is 0 Å². The number of anilines is 1.